The van der Waals surface area contributed by atoms with Gasteiger partial charge in [-0.05, 0) is 27.2 Å². The number of anilines is 2. The first-order chi connectivity index (χ1) is 8.54. The first-order valence-electron chi connectivity index (χ1n) is 6.41. The Morgan fingerprint density at radius 3 is 2.44 bits per heavy atom. The summed E-state index contributed by atoms with van der Waals surface area (Å²) in [6.45, 7) is 8.99. The minimum Gasteiger partial charge on any atom is -0.368 e. The molecule has 0 amide bonds. The third kappa shape index (κ3) is 3.09. The Morgan fingerprint density at radius 1 is 1.28 bits per heavy atom. The van der Waals surface area contributed by atoms with Crippen LogP contribution in [-0.2, 0) is 0 Å². The number of pyridine rings is 1. The van der Waals surface area contributed by atoms with Gasteiger partial charge in [0.25, 0.3) is 0 Å². The van der Waals surface area contributed by atoms with Crippen molar-refractivity contribution >= 4 is 11.6 Å². The first-order valence-corrected chi connectivity index (χ1v) is 6.41. The summed E-state index contributed by atoms with van der Waals surface area (Å²) in [4.78, 5) is 5.91. The number of hydrogen-bond donors (Lipinski definition) is 1. The summed E-state index contributed by atoms with van der Waals surface area (Å²) >= 11 is 0. The molecule has 1 aromatic heterocycles. The van der Waals surface area contributed by atoms with E-state index in [-0.39, 0.29) is 17.7 Å². The molecule has 0 aliphatic rings. The molecule has 0 aliphatic heterocycles. The fraction of sp³-hybridized carbons (Fsp3) is 0.615. The molecule has 0 spiro atoms. The predicted molar refractivity (Wildman–Crippen MR) is 71.1 cm³/mol. The van der Waals surface area contributed by atoms with Crippen molar-refractivity contribution in [2.24, 2.45) is 0 Å². The Morgan fingerprint density at radius 2 is 1.94 bits per heavy atom. The highest BCUT2D eigenvalue weighted by Gasteiger charge is 2.19. The second kappa shape index (κ2) is 6.52. The van der Waals surface area contributed by atoms with Gasteiger partial charge >= 0.3 is 0 Å². The Labute approximate surface area is 107 Å². The lowest BCUT2D eigenvalue weighted by atomic mass is 10.2. The molecular formula is C13H21F2N3. The largest absolute Gasteiger partial charge is 0.368 e. The van der Waals surface area contributed by atoms with Crippen LogP contribution in [0.4, 0.5) is 20.4 Å². The van der Waals surface area contributed by atoms with Crippen LogP contribution in [0.3, 0.4) is 0 Å². The van der Waals surface area contributed by atoms with Gasteiger partial charge in [0, 0.05) is 25.2 Å². The van der Waals surface area contributed by atoms with Gasteiger partial charge in [0.1, 0.15) is 0 Å². The van der Waals surface area contributed by atoms with E-state index in [4.69, 9.17) is 0 Å². The molecule has 5 heteroatoms. The van der Waals surface area contributed by atoms with Crippen LogP contribution in [0.15, 0.2) is 6.07 Å². The molecule has 1 heterocycles. The fourth-order valence-electron chi connectivity index (χ4n) is 1.84. The summed E-state index contributed by atoms with van der Waals surface area (Å²) in [7, 11) is 0. The summed E-state index contributed by atoms with van der Waals surface area (Å²) in [5, 5.41) is 2.80. The van der Waals surface area contributed by atoms with Gasteiger partial charge < -0.3 is 10.2 Å². The van der Waals surface area contributed by atoms with Crippen molar-refractivity contribution in [1.29, 1.82) is 0 Å². The zero-order valence-corrected chi connectivity index (χ0v) is 11.4. The van der Waals surface area contributed by atoms with Crippen molar-refractivity contribution in [2.75, 3.05) is 23.3 Å². The molecule has 1 atom stereocenters. The quantitative estimate of drug-likeness (QED) is 0.846. The summed E-state index contributed by atoms with van der Waals surface area (Å²) in [6, 6.07) is 1.06. The van der Waals surface area contributed by atoms with Crippen molar-refractivity contribution in [2.45, 2.75) is 40.2 Å². The maximum atomic E-state index is 13.8. The molecule has 3 nitrogen and oxygen atoms in total. The van der Waals surface area contributed by atoms with E-state index in [0.29, 0.717) is 13.1 Å². The molecule has 0 bridgehead atoms. The SMILES string of the molecule is CCNc1nc(N(CC)C(C)CC)c(F)cc1F. The normalized spacial score (nSPS) is 12.3. The third-order valence-electron chi connectivity index (χ3n) is 2.99. The predicted octanol–water partition coefficient (Wildman–Crippen LogP) is 3.42. The van der Waals surface area contributed by atoms with Crippen molar-refractivity contribution in [3.8, 4) is 0 Å². The Hall–Kier alpha value is -1.39. The van der Waals surface area contributed by atoms with E-state index >= 15 is 0 Å². The van der Waals surface area contributed by atoms with Gasteiger partial charge in [0.15, 0.2) is 23.3 Å². The Balaban J connectivity index is 3.17. The van der Waals surface area contributed by atoms with E-state index < -0.39 is 11.6 Å². The number of hydrogen-bond acceptors (Lipinski definition) is 3. The fourth-order valence-corrected chi connectivity index (χ4v) is 1.84. The van der Waals surface area contributed by atoms with E-state index in [2.05, 4.69) is 10.3 Å². The summed E-state index contributed by atoms with van der Waals surface area (Å²) < 4.78 is 27.3. The zero-order chi connectivity index (χ0) is 13.7. The van der Waals surface area contributed by atoms with E-state index in [9.17, 15) is 8.78 Å². The maximum Gasteiger partial charge on any atom is 0.168 e. The average Bonchev–Trinajstić information content (AvgIpc) is 2.35. The lowest BCUT2D eigenvalue weighted by Gasteiger charge is -2.29. The minimum atomic E-state index is -0.654. The smallest absolute Gasteiger partial charge is 0.168 e. The highest BCUT2D eigenvalue weighted by molar-refractivity contribution is 5.49. The van der Waals surface area contributed by atoms with Crippen LogP contribution in [-0.4, -0.2) is 24.1 Å². The molecular weight excluding hydrogens is 236 g/mol. The number of nitrogens with zero attached hydrogens (tertiary/aromatic N) is 2. The summed E-state index contributed by atoms with van der Waals surface area (Å²) in [5.74, 6) is -0.950. The van der Waals surface area contributed by atoms with Gasteiger partial charge in [-0.25, -0.2) is 13.8 Å². The van der Waals surface area contributed by atoms with Gasteiger partial charge in [-0.2, -0.15) is 0 Å². The molecule has 18 heavy (non-hydrogen) atoms. The highest BCUT2D eigenvalue weighted by Crippen LogP contribution is 2.24. The zero-order valence-electron chi connectivity index (χ0n) is 11.4. The van der Waals surface area contributed by atoms with Crippen LogP contribution >= 0.6 is 0 Å². The lowest BCUT2D eigenvalue weighted by Crippen LogP contribution is -2.34. The highest BCUT2D eigenvalue weighted by atomic mass is 19.1. The molecule has 1 unspecified atom stereocenters. The minimum absolute atomic E-state index is 0.107. The topological polar surface area (TPSA) is 28.2 Å². The van der Waals surface area contributed by atoms with Crippen LogP contribution in [0, 0.1) is 11.6 Å². The number of nitrogens with one attached hydrogen (secondary N) is 1. The second-order valence-electron chi connectivity index (χ2n) is 4.20. The van der Waals surface area contributed by atoms with Crippen LogP contribution in [0.2, 0.25) is 0 Å². The van der Waals surface area contributed by atoms with Gasteiger partial charge in [-0.1, -0.05) is 6.92 Å². The van der Waals surface area contributed by atoms with Crippen LogP contribution in [0.1, 0.15) is 34.1 Å². The standard InChI is InChI=1S/C13H21F2N3/c1-5-9(4)18(7-3)13-11(15)8-10(14)12(17-13)16-6-2/h8-9H,5-7H2,1-4H3,(H,16,17). The van der Waals surface area contributed by atoms with E-state index in [1.54, 1.807) is 0 Å². The van der Waals surface area contributed by atoms with E-state index in [1.165, 1.54) is 0 Å². The molecule has 1 rings (SSSR count). The van der Waals surface area contributed by atoms with Crippen LogP contribution in [0.5, 0.6) is 0 Å². The number of aromatic nitrogens is 1. The van der Waals surface area contributed by atoms with E-state index in [0.717, 1.165) is 12.5 Å². The first kappa shape index (κ1) is 14.7. The molecule has 102 valence electrons. The van der Waals surface area contributed by atoms with Crippen LogP contribution in [0.25, 0.3) is 0 Å². The number of halogens is 2. The van der Waals surface area contributed by atoms with E-state index in [1.807, 2.05) is 32.6 Å². The van der Waals surface area contributed by atoms with Gasteiger partial charge in [-0.3, -0.25) is 0 Å². The van der Waals surface area contributed by atoms with Gasteiger partial charge in [0.05, 0.1) is 0 Å². The van der Waals surface area contributed by atoms with Gasteiger partial charge in [0.2, 0.25) is 0 Å². The van der Waals surface area contributed by atoms with Crippen molar-refractivity contribution in [3.63, 3.8) is 0 Å². The molecule has 1 aromatic rings. The van der Waals surface area contributed by atoms with Crippen molar-refractivity contribution in [3.05, 3.63) is 17.7 Å². The molecule has 0 fully saturated rings. The Kier molecular flexibility index (Phi) is 5.31. The molecule has 0 saturated heterocycles. The third-order valence-corrected chi connectivity index (χ3v) is 2.99. The molecule has 1 N–H and O–H groups in total. The summed E-state index contributed by atoms with van der Waals surface area (Å²) in [5.41, 5.74) is 0. The number of rotatable bonds is 6. The van der Waals surface area contributed by atoms with Crippen molar-refractivity contribution < 1.29 is 8.78 Å². The average molecular weight is 257 g/mol. The lowest BCUT2D eigenvalue weighted by molar-refractivity contribution is 0.551. The molecule has 0 saturated carbocycles. The van der Waals surface area contributed by atoms with Crippen LogP contribution < -0.4 is 10.2 Å². The van der Waals surface area contributed by atoms with Gasteiger partial charge in [-0.15, -0.1) is 0 Å². The monoisotopic (exact) mass is 257 g/mol. The Bertz CT molecular complexity index is 396. The maximum absolute atomic E-state index is 13.8. The molecule has 0 radical (unpaired) electrons. The van der Waals surface area contributed by atoms with Crippen molar-refractivity contribution in [1.82, 2.24) is 4.98 Å². The molecule has 0 aromatic carbocycles. The summed E-state index contributed by atoms with van der Waals surface area (Å²) in [6.07, 6.45) is 0.878. The second-order valence-corrected chi connectivity index (χ2v) is 4.20. The molecule has 0 aliphatic carbocycles.